The van der Waals surface area contributed by atoms with Crippen LogP contribution in [0.1, 0.15) is 47.6 Å². The van der Waals surface area contributed by atoms with Crippen molar-refractivity contribution in [1.82, 2.24) is 0 Å². The molecule has 1 fully saturated rings. The summed E-state index contributed by atoms with van der Waals surface area (Å²) in [6.45, 7) is 2.09. The van der Waals surface area contributed by atoms with Crippen LogP contribution in [0.5, 0.6) is 0 Å². The fourth-order valence-electron chi connectivity index (χ4n) is 3.83. The zero-order valence-corrected chi connectivity index (χ0v) is 16.7. The van der Waals surface area contributed by atoms with Crippen molar-refractivity contribution in [1.29, 1.82) is 0 Å². The largest absolute Gasteiger partial charge is 0.416 e. The van der Waals surface area contributed by atoms with Gasteiger partial charge in [-0.05, 0) is 55.1 Å². The number of alkyl halides is 6. The molecular weight excluding hydrogens is 424 g/mol. The summed E-state index contributed by atoms with van der Waals surface area (Å²) < 4.78 is 90.8. The van der Waals surface area contributed by atoms with Crippen LogP contribution in [-0.4, -0.2) is 19.4 Å². The van der Waals surface area contributed by atoms with Crippen molar-refractivity contribution in [2.75, 3.05) is 13.2 Å². The Morgan fingerprint density at radius 3 is 2.10 bits per heavy atom. The fraction of sp³-hybridized carbons (Fsp3) is 0.455. The molecule has 0 aromatic heterocycles. The van der Waals surface area contributed by atoms with E-state index in [1.807, 2.05) is 30.3 Å². The second-order valence-corrected chi connectivity index (χ2v) is 7.58. The number of halogens is 6. The molecule has 4 unspecified atom stereocenters. The average Bonchev–Trinajstić information content (AvgIpc) is 2.72. The molecule has 9 heteroatoms. The molecule has 4 atom stereocenters. The van der Waals surface area contributed by atoms with Crippen molar-refractivity contribution in [3.8, 4) is 0 Å². The zero-order valence-electron chi connectivity index (χ0n) is 16.7. The van der Waals surface area contributed by atoms with Gasteiger partial charge in [-0.2, -0.15) is 26.3 Å². The van der Waals surface area contributed by atoms with E-state index in [4.69, 9.17) is 15.2 Å². The quantitative estimate of drug-likeness (QED) is 0.580. The predicted octanol–water partition coefficient (Wildman–Crippen LogP) is 5.91. The minimum absolute atomic E-state index is 0.000551. The van der Waals surface area contributed by atoms with Crippen molar-refractivity contribution in [3.05, 3.63) is 70.8 Å². The van der Waals surface area contributed by atoms with Gasteiger partial charge in [0.2, 0.25) is 0 Å². The maximum Gasteiger partial charge on any atom is 0.416 e. The van der Waals surface area contributed by atoms with Crippen LogP contribution < -0.4 is 5.73 Å². The van der Waals surface area contributed by atoms with Crippen molar-refractivity contribution in [2.24, 2.45) is 11.7 Å². The highest BCUT2D eigenvalue weighted by Crippen LogP contribution is 2.41. The molecule has 2 aromatic carbocycles. The van der Waals surface area contributed by atoms with Crippen LogP contribution in [0.15, 0.2) is 48.5 Å². The molecule has 31 heavy (non-hydrogen) atoms. The van der Waals surface area contributed by atoms with Crippen LogP contribution in [0, 0.1) is 5.92 Å². The molecular formula is C22H23F6NO2. The minimum atomic E-state index is -4.92. The molecule has 0 bridgehead atoms. The van der Waals surface area contributed by atoms with E-state index in [-0.39, 0.29) is 23.5 Å². The highest BCUT2D eigenvalue weighted by molar-refractivity contribution is 5.34. The highest BCUT2D eigenvalue weighted by atomic mass is 19.4. The lowest BCUT2D eigenvalue weighted by molar-refractivity contribution is -0.208. The minimum Gasteiger partial charge on any atom is -0.352 e. The lowest BCUT2D eigenvalue weighted by atomic mass is 9.82. The van der Waals surface area contributed by atoms with Crippen molar-refractivity contribution < 1.29 is 35.8 Å². The van der Waals surface area contributed by atoms with Crippen molar-refractivity contribution in [2.45, 2.75) is 44.0 Å². The van der Waals surface area contributed by atoms with Gasteiger partial charge in [-0.3, -0.25) is 0 Å². The molecule has 2 N–H and O–H groups in total. The summed E-state index contributed by atoms with van der Waals surface area (Å²) >= 11 is 0. The molecule has 0 saturated carbocycles. The van der Waals surface area contributed by atoms with Crippen LogP contribution in [0.2, 0.25) is 0 Å². The molecule has 0 spiro atoms. The van der Waals surface area contributed by atoms with E-state index in [9.17, 15) is 26.3 Å². The molecule has 0 amide bonds. The van der Waals surface area contributed by atoms with Gasteiger partial charge in [-0.1, -0.05) is 30.3 Å². The number of hydrogen-bond acceptors (Lipinski definition) is 3. The summed E-state index contributed by atoms with van der Waals surface area (Å²) in [5, 5.41) is 0. The summed E-state index contributed by atoms with van der Waals surface area (Å²) in [4.78, 5) is 0. The Kier molecular flexibility index (Phi) is 6.98. The van der Waals surface area contributed by atoms with Gasteiger partial charge in [0.05, 0.1) is 23.8 Å². The van der Waals surface area contributed by atoms with Gasteiger partial charge in [-0.15, -0.1) is 0 Å². The van der Waals surface area contributed by atoms with E-state index in [1.165, 1.54) is 6.92 Å². The SMILES string of the molecule is CC(OC1OCCC(CN)C1c1ccccc1)c1cc(C(F)(F)F)cc(C(F)(F)F)c1. The van der Waals surface area contributed by atoms with Gasteiger partial charge < -0.3 is 15.2 Å². The van der Waals surface area contributed by atoms with Crippen LogP contribution in [0.4, 0.5) is 26.3 Å². The fourth-order valence-corrected chi connectivity index (χ4v) is 3.83. The van der Waals surface area contributed by atoms with Gasteiger partial charge in [0, 0.05) is 5.92 Å². The van der Waals surface area contributed by atoms with E-state index in [0.29, 0.717) is 31.7 Å². The van der Waals surface area contributed by atoms with Crippen molar-refractivity contribution in [3.63, 3.8) is 0 Å². The molecule has 3 rings (SSSR count). The average molecular weight is 447 g/mol. The first-order valence-electron chi connectivity index (χ1n) is 9.82. The third kappa shape index (κ3) is 5.58. The first-order chi connectivity index (χ1) is 14.5. The number of benzene rings is 2. The molecule has 0 aliphatic carbocycles. The van der Waals surface area contributed by atoms with Gasteiger partial charge in [0.1, 0.15) is 0 Å². The molecule has 1 aliphatic heterocycles. The van der Waals surface area contributed by atoms with Crippen molar-refractivity contribution >= 4 is 0 Å². The van der Waals surface area contributed by atoms with Gasteiger partial charge in [0.25, 0.3) is 0 Å². The normalized spacial score (nSPS) is 23.5. The van der Waals surface area contributed by atoms with Gasteiger partial charge >= 0.3 is 12.4 Å². The highest BCUT2D eigenvalue weighted by Gasteiger charge is 2.39. The van der Waals surface area contributed by atoms with Crippen LogP contribution in [0.25, 0.3) is 0 Å². The lowest BCUT2D eigenvalue weighted by Gasteiger charge is -2.39. The molecule has 1 heterocycles. The molecule has 170 valence electrons. The summed E-state index contributed by atoms with van der Waals surface area (Å²) in [7, 11) is 0. The second kappa shape index (κ2) is 9.18. The monoisotopic (exact) mass is 447 g/mol. The number of nitrogens with two attached hydrogens (primary N) is 1. The molecule has 3 nitrogen and oxygen atoms in total. The smallest absolute Gasteiger partial charge is 0.352 e. The van der Waals surface area contributed by atoms with Crippen LogP contribution >= 0.6 is 0 Å². The summed E-state index contributed by atoms with van der Waals surface area (Å²) in [5.41, 5.74) is 3.81. The summed E-state index contributed by atoms with van der Waals surface area (Å²) in [6.07, 6.45) is -11.1. The Morgan fingerprint density at radius 2 is 1.58 bits per heavy atom. The van der Waals surface area contributed by atoms with E-state index in [2.05, 4.69) is 0 Å². The van der Waals surface area contributed by atoms with E-state index in [1.54, 1.807) is 0 Å². The van der Waals surface area contributed by atoms with Crippen LogP contribution in [0.3, 0.4) is 0 Å². The number of rotatable bonds is 5. The molecule has 1 aliphatic rings. The number of ether oxygens (including phenoxy) is 2. The van der Waals surface area contributed by atoms with Crippen LogP contribution in [-0.2, 0) is 21.8 Å². The lowest BCUT2D eigenvalue weighted by Crippen LogP contribution is -2.40. The summed E-state index contributed by atoms with van der Waals surface area (Å²) in [5.74, 6) is -0.295. The van der Waals surface area contributed by atoms with E-state index in [0.717, 1.165) is 5.56 Å². The maximum absolute atomic E-state index is 13.2. The van der Waals surface area contributed by atoms with Gasteiger partial charge in [-0.25, -0.2) is 0 Å². The third-order valence-electron chi connectivity index (χ3n) is 5.48. The Hall–Kier alpha value is -2.10. The molecule has 0 radical (unpaired) electrons. The Labute approximate surface area is 176 Å². The Balaban J connectivity index is 1.92. The standard InChI is InChI=1S/C22H23F6NO2/c1-13(16-9-17(21(23,24)25)11-18(10-16)22(26,27)28)31-20-19(14-5-3-2-4-6-14)15(12-29)7-8-30-20/h2-6,9-11,13,15,19-20H,7-8,12,29H2,1H3. The third-order valence-corrected chi connectivity index (χ3v) is 5.48. The summed E-state index contributed by atoms with van der Waals surface area (Å²) in [6, 6.07) is 10.7. The topological polar surface area (TPSA) is 44.5 Å². The van der Waals surface area contributed by atoms with E-state index < -0.39 is 35.9 Å². The Bertz CT molecular complexity index is 836. The zero-order chi connectivity index (χ0) is 22.8. The first-order valence-corrected chi connectivity index (χ1v) is 9.82. The predicted molar refractivity (Wildman–Crippen MR) is 102 cm³/mol. The maximum atomic E-state index is 13.2. The first kappa shape index (κ1) is 23.6. The molecule has 2 aromatic rings. The van der Waals surface area contributed by atoms with Gasteiger partial charge in [0.15, 0.2) is 6.29 Å². The number of hydrogen-bond donors (Lipinski definition) is 1. The second-order valence-electron chi connectivity index (χ2n) is 7.58. The molecule has 1 saturated heterocycles. The van der Waals surface area contributed by atoms with E-state index >= 15 is 0 Å². The Morgan fingerprint density at radius 1 is 1.00 bits per heavy atom.